The zero-order chi connectivity index (χ0) is 24.4. The van der Waals surface area contributed by atoms with E-state index < -0.39 is 0 Å². The van der Waals surface area contributed by atoms with Crippen molar-refractivity contribution < 1.29 is 9.59 Å². The van der Waals surface area contributed by atoms with Gasteiger partial charge in [0, 0.05) is 48.7 Å². The van der Waals surface area contributed by atoms with Crippen molar-refractivity contribution >= 4 is 44.6 Å². The predicted molar refractivity (Wildman–Crippen MR) is 144 cm³/mol. The van der Waals surface area contributed by atoms with Crippen LogP contribution in [0.1, 0.15) is 22.8 Å². The molecule has 35 heavy (non-hydrogen) atoms. The van der Waals surface area contributed by atoms with Gasteiger partial charge in [-0.3, -0.25) is 14.5 Å². The molecular weight excluding hydrogens is 456 g/mol. The van der Waals surface area contributed by atoms with Crippen LogP contribution in [-0.4, -0.2) is 54.3 Å². The quantitative estimate of drug-likeness (QED) is 0.380. The number of rotatable bonds is 6. The summed E-state index contributed by atoms with van der Waals surface area (Å²) in [5.74, 6) is 0.0707. The van der Waals surface area contributed by atoms with Crippen LogP contribution < -0.4 is 10.2 Å². The van der Waals surface area contributed by atoms with Crippen LogP contribution in [0.5, 0.6) is 0 Å². The van der Waals surface area contributed by atoms with E-state index in [1.807, 2.05) is 48.5 Å². The van der Waals surface area contributed by atoms with Gasteiger partial charge in [-0.25, -0.2) is 4.98 Å². The Bertz CT molecular complexity index is 1350. The number of nitrogens with zero attached hydrogens (tertiary/aromatic N) is 3. The monoisotopic (exact) mass is 484 g/mol. The van der Waals surface area contributed by atoms with Crippen LogP contribution in [0.3, 0.4) is 0 Å². The van der Waals surface area contributed by atoms with E-state index in [0.29, 0.717) is 6.54 Å². The molecular formula is C28H28N4O2S. The van der Waals surface area contributed by atoms with Crippen molar-refractivity contribution in [2.45, 2.75) is 13.8 Å². The van der Waals surface area contributed by atoms with Gasteiger partial charge >= 0.3 is 0 Å². The molecule has 3 aromatic carbocycles. The smallest absolute Gasteiger partial charge is 0.238 e. The number of hydrogen-bond donors (Lipinski definition) is 1. The average Bonchev–Trinajstić information content (AvgIpc) is 3.28. The van der Waals surface area contributed by atoms with Crippen molar-refractivity contribution in [2.75, 3.05) is 42.9 Å². The van der Waals surface area contributed by atoms with Crippen molar-refractivity contribution in [3.8, 4) is 10.6 Å². The molecule has 0 spiro atoms. The first-order valence-corrected chi connectivity index (χ1v) is 12.6. The number of piperazine rings is 1. The SMILES string of the molecule is CC(=O)c1ccc(N2CCN(CC(=O)Nc3ccc(-c4nc5ccc(C)cc5s4)cc3)CC2)cc1. The van der Waals surface area contributed by atoms with Gasteiger partial charge in [0.15, 0.2) is 5.78 Å². The van der Waals surface area contributed by atoms with E-state index in [-0.39, 0.29) is 11.7 Å². The lowest BCUT2D eigenvalue weighted by Gasteiger charge is -2.35. The average molecular weight is 485 g/mol. The number of ketones is 1. The van der Waals surface area contributed by atoms with Crippen LogP contribution in [0.2, 0.25) is 0 Å². The molecule has 1 amide bonds. The molecule has 0 bridgehead atoms. The largest absolute Gasteiger partial charge is 0.369 e. The molecule has 178 valence electrons. The number of aromatic nitrogens is 1. The van der Waals surface area contributed by atoms with Crippen LogP contribution in [0.25, 0.3) is 20.8 Å². The Morgan fingerprint density at radius 1 is 0.943 bits per heavy atom. The van der Waals surface area contributed by atoms with Gasteiger partial charge in [0.1, 0.15) is 5.01 Å². The third-order valence-electron chi connectivity index (χ3n) is 6.34. The van der Waals surface area contributed by atoms with Crippen molar-refractivity contribution in [1.82, 2.24) is 9.88 Å². The zero-order valence-corrected chi connectivity index (χ0v) is 20.8. The number of benzene rings is 3. The Morgan fingerprint density at radius 2 is 1.66 bits per heavy atom. The maximum atomic E-state index is 12.6. The predicted octanol–water partition coefficient (Wildman–Crippen LogP) is 5.24. The molecule has 1 aromatic heterocycles. The van der Waals surface area contributed by atoms with E-state index in [9.17, 15) is 9.59 Å². The summed E-state index contributed by atoms with van der Waals surface area (Å²) in [5, 5.41) is 4.00. The summed E-state index contributed by atoms with van der Waals surface area (Å²) in [6.07, 6.45) is 0. The molecule has 5 rings (SSSR count). The number of hydrogen-bond acceptors (Lipinski definition) is 6. The Kier molecular flexibility index (Phi) is 6.61. The summed E-state index contributed by atoms with van der Waals surface area (Å²) in [4.78, 5) is 33.3. The van der Waals surface area contributed by atoms with Crippen molar-refractivity contribution in [2.24, 2.45) is 0 Å². The van der Waals surface area contributed by atoms with Gasteiger partial charge in [0.25, 0.3) is 0 Å². The van der Waals surface area contributed by atoms with E-state index in [1.54, 1.807) is 18.3 Å². The van der Waals surface area contributed by atoms with Crippen molar-refractivity contribution in [3.05, 3.63) is 77.9 Å². The highest BCUT2D eigenvalue weighted by Gasteiger charge is 2.19. The van der Waals surface area contributed by atoms with Gasteiger partial charge < -0.3 is 10.2 Å². The second-order valence-corrected chi connectivity index (χ2v) is 10.0. The second kappa shape index (κ2) is 9.98. The van der Waals surface area contributed by atoms with Crippen LogP contribution in [-0.2, 0) is 4.79 Å². The fourth-order valence-electron chi connectivity index (χ4n) is 4.33. The highest BCUT2D eigenvalue weighted by molar-refractivity contribution is 7.21. The third-order valence-corrected chi connectivity index (χ3v) is 7.41. The fourth-order valence-corrected chi connectivity index (χ4v) is 5.40. The van der Waals surface area contributed by atoms with Gasteiger partial charge in [-0.1, -0.05) is 6.07 Å². The number of nitrogens with one attached hydrogen (secondary N) is 1. The first kappa shape index (κ1) is 23.2. The lowest BCUT2D eigenvalue weighted by Crippen LogP contribution is -2.48. The Morgan fingerprint density at radius 3 is 2.34 bits per heavy atom. The summed E-state index contributed by atoms with van der Waals surface area (Å²) >= 11 is 1.68. The Hall–Kier alpha value is -3.55. The molecule has 0 radical (unpaired) electrons. The molecule has 0 atom stereocenters. The number of fused-ring (bicyclic) bond motifs is 1. The molecule has 7 heteroatoms. The molecule has 1 saturated heterocycles. The Labute approximate surface area is 209 Å². The van der Waals surface area contributed by atoms with E-state index >= 15 is 0 Å². The highest BCUT2D eigenvalue weighted by atomic mass is 32.1. The second-order valence-electron chi connectivity index (χ2n) is 8.98. The maximum absolute atomic E-state index is 12.6. The Balaban J connectivity index is 1.13. The first-order chi connectivity index (χ1) is 16.9. The summed E-state index contributed by atoms with van der Waals surface area (Å²) in [6, 6.07) is 21.9. The van der Waals surface area contributed by atoms with Gasteiger partial charge in [-0.15, -0.1) is 11.3 Å². The molecule has 1 fully saturated rings. The fraction of sp³-hybridized carbons (Fsp3) is 0.250. The molecule has 0 saturated carbocycles. The minimum absolute atomic E-state index is 0.00697. The summed E-state index contributed by atoms with van der Waals surface area (Å²) in [7, 11) is 0. The van der Waals surface area contributed by atoms with E-state index in [0.717, 1.165) is 59.2 Å². The number of carbonyl (C=O) groups excluding carboxylic acids is 2. The minimum atomic E-state index is -0.00697. The third kappa shape index (κ3) is 5.42. The summed E-state index contributed by atoms with van der Waals surface area (Å²) in [5.41, 5.74) is 5.93. The molecule has 1 N–H and O–H groups in total. The van der Waals surface area contributed by atoms with Crippen LogP contribution in [0, 0.1) is 6.92 Å². The molecule has 1 aliphatic rings. The molecule has 0 aliphatic carbocycles. The molecule has 1 aliphatic heterocycles. The van der Waals surface area contributed by atoms with Crippen molar-refractivity contribution in [1.29, 1.82) is 0 Å². The van der Waals surface area contributed by atoms with Crippen LogP contribution in [0.15, 0.2) is 66.7 Å². The summed E-state index contributed by atoms with van der Waals surface area (Å²) in [6.45, 7) is 7.37. The molecule has 6 nitrogen and oxygen atoms in total. The number of carbonyl (C=O) groups is 2. The molecule has 2 heterocycles. The van der Waals surface area contributed by atoms with E-state index in [1.165, 1.54) is 10.3 Å². The van der Waals surface area contributed by atoms with Crippen LogP contribution >= 0.6 is 11.3 Å². The number of Topliss-reactive ketones (excluding diaryl/α,β-unsaturated/α-hetero) is 1. The molecule has 0 unspecified atom stereocenters. The maximum Gasteiger partial charge on any atom is 0.238 e. The van der Waals surface area contributed by atoms with Crippen LogP contribution in [0.4, 0.5) is 11.4 Å². The topological polar surface area (TPSA) is 65.5 Å². The number of anilines is 2. The standard InChI is InChI=1S/C28H28N4O2S/c1-19-3-12-25-26(17-19)35-28(30-25)22-4-8-23(9-5-22)29-27(34)18-31-13-15-32(16-14-31)24-10-6-21(7-11-24)20(2)33/h3-12,17H,13-16,18H2,1-2H3,(H,29,34). The first-order valence-electron chi connectivity index (χ1n) is 11.8. The lowest BCUT2D eigenvalue weighted by atomic mass is 10.1. The lowest BCUT2D eigenvalue weighted by molar-refractivity contribution is -0.117. The number of thiazole rings is 1. The van der Waals surface area contributed by atoms with Crippen molar-refractivity contribution in [3.63, 3.8) is 0 Å². The highest BCUT2D eigenvalue weighted by Crippen LogP contribution is 2.31. The summed E-state index contributed by atoms with van der Waals surface area (Å²) < 4.78 is 1.19. The number of aryl methyl sites for hydroxylation is 1. The van der Waals surface area contributed by atoms with Gasteiger partial charge in [-0.05, 0) is 80.1 Å². The number of amides is 1. The zero-order valence-electron chi connectivity index (χ0n) is 20.0. The minimum Gasteiger partial charge on any atom is -0.369 e. The van der Waals surface area contributed by atoms with Gasteiger partial charge in [-0.2, -0.15) is 0 Å². The van der Waals surface area contributed by atoms with E-state index in [4.69, 9.17) is 4.98 Å². The normalized spacial score (nSPS) is 14.3. The van der Waals surface area contributed by atoms with Gasteiger partial charge in [0.2, 0.25) is 5.91 Å². The van der Waals surface area contributed by atoms with E-state index in [2.05, 4.69) is 40.2 Å². The molecule has 4 aromatic rings. The van der Waals surface area contributed by atoms with Gasteiger partial charge in [0.05, 0.1) is 16.8 Å².